The number of aromatic nitrogens is 2. The lowest BCUT2D eigenvalue weighted by Gasteiger charge is -2.15. The monoisotopic (exact) mass is 392 g/mol. The molecule has 0 radical (unpaired) electrons. The molecule has 0 bridgehead atoms. The Morgan fingerprint density at radius 2 is 1.76 bits per heavy atom. The predicted molar refractivity (Wildman–Crippen MR) is 116 cm³/mol. The van der Waals surface area contributed by atoms with Crippen LogP contribution in [-0.4, -0.2) is 23.8 Å². The minimum Gasteiger partial charge on any atom is -0.493 e. The minimum absolute atomic E-state index is 0.0636. The predicted octanol–water partition coefficient (Wildman–Crippen LogP) is 4.87. The van der Waals surface area contributed by atoms with Gasteiger partial charge in [0.1, 0.15) is 5.82 Å². The van der Waals surface area contributed by atoms with Gasteiger partial charge in [-0.25, -0.2) is 4.98 Å². The van der Waals surface area contributed by atoms with Gasteiger partial charge in [0.15, 0.2) is 11.5 Å². The Morgan fingerprint density at radius 1 is 1.10 bits per heavy atom. The SMILES string of the molecule is CCCCc1ccc(-n2c(C3CC3C)nc3cc(OC)c(OC)cc3c2=O)cc1. The number of rotatable bonds is 7. The van der Waals surface area contributed by atoms with Crippen molar-refractivity contribution in [3.05, 3.63) is 58.1 Å². The maximum Gasteiger partial charge on any atom is 0.266 e. The fourth-order valence-electron chi connectivity index (χ4n) is 3.90. The smallest absolute Gasteiger partial charge is 0.266 e. The molecule has 2 atom stereocenters. The number of aryl methyl sites for hydroxylation is 1. The number of benzene rings is 2. The van der Waals surface area contributed by atoms with Gasteiger partial charge < -0.3 is 9.47 Å². The fourth-order valence-corrected chi connectivity index (χ4v) is 3.90. The van der Waals surface area contributed by atoms with Crippen molar-refractivity contribution in [3.63, 3.8) is 0 Å². The van der Waals surface area contributed by atoms with Gasteiger partial charge in [0.2, 0.25) is 0 Å². The normalized spacial score (nSPS) is 18.1. The van der Waals surface area contributed by atoms with Crippen LogP contribution in [0, 0.1) is 5.92 Å². The third-order valence-corrected chi connectivity index (χ3v) is 5.85. The first-order valence-corrected chi connectivity index (χ1v) is 10.3. The summed E-state index contributed by atoms with van der Waals surface area (Å²) in [6.45, 7) is 4.40. The average Bonchev–Trinajstić information content (AvgIpc) is 3.48. The second kappa shape index (κ2) is 7.90. The Kier molecular flexibility index (Phi) is 5.31. The fraction of sp³-hybridized carbons (Fsp3) is 0.417. The zero-order valence-electron chi connectivity index (χ0n) is 17.6. The second-order valence-electron chi connectivity index (χ2n) is 7.92. The number of unbranched alkanes of at least 4 members (excludes halogenated alkanes) is 1. The van der Waals surface area contributed by atoms with Crippen molar-refractivity contribution in [2.45, 2.75) is 45.4 Å². The molecule has 4 rings (SSSR count). The molecule has 2 unspecified atom stereocenters. The quantitative estimate of drug-likeness (QED) is 0.576. The molecule has 5 nitrogen and oxygen atoms in total. The molecule has 0 aliphatic heterocycles. The molecule has 1 heterocycles. The maximum absolute atomic E-state index is 13.5. The van der Waals surface area contributed by atoms with Crippen molar-refractivity contribution in [3.8, 4) is 17.2 Å². The van der Waals surface area contributed by atoms with E-state index in [9.17, 15) is 4.79 Å². The van der Waals surface area contributed by atoms with Crippen molar-refractivity contribution >= 4 is 10.9 Å². The lowest BCUT2D eigenvalue weighted by atomic mass is 10.1. The van der Waals surface area contributed by atoms with E-state index >= 15 is 0 Å². The van der Waals surface area contributed by atoms with Crippen LogP contribution in [0.15, 0.2) is 41.2 Å². The van der Waals surface area contributed by atoms with E-state index in [0.717, 1.165) is 24.4 Å². The summed E-state index contributed by atoms with van der Waals surface area (Å²) in [6.07, 6.45) is 4.46. The molecule has 1 fully saturated rings. The molecule has 0 N–H and O–H groups in total. The van der Waals surface area contributed by atoms with Crippen molar-refractivity contribution in [2.24, 2.45) is 5.92 Å². The van der Waals surface area contributed by atoms with Crippen LogP contribution in [0.3, 0.4) is 0 Å². The van der Waals surface area contributed by atoms with Crippen LogP contribution in [-0.2, 0) is 6.42 Å². The van der Waals surface area contributed by atoms with Crippen LogP contribution < -0.4 is 15.0 Å². The molecule has 3 aromatic rings. The van der Waals surface area contributed by atoms with Gasteiger partial charge in [-0.05, 0) is 48.9 Å². The van der Waals surface area contributed by atoms with Gasteiger partial charge in [-0.2, -0.15) is 0 Å². The highest BCUT2D eigenvalue weighted by Gasteiger charge is 2.38. The number of methoxy groups -OCH3 is 2. The summed E-state index contributed by atoms with van der Waals surface area (Å²) in [5, 5.41) is 0.537. The highest BCUT2D eigenvalue weighted by atomic mass is 16.5. The van der Waals surface area contributed by atoms with Crippen molar-refractivity contribution in [1.82, 2.24) is 9.55 Å². The minimum atomic E-state index is -0.0636. The molecule has 0 saturated heterocycles. The van der Waals surface area contributed by atoms with Gasteiger partial charge in [-0.3, -0.25) is 9.36 Å². The number of fused-ring (bicyclic) bond motifs is 1. The van der Waals surface area contributed by atoms with Gasteiger partial charge in [0.05, 0.1) is 30.8 Å². The van der Waals surface area contributed by atoms with Crippen molar-refractivity contribution in [1.29, 1.82) is 0 Å². The molecule has 5 heteroatoms. The van der Waals surface area contributed by atoms with Crippen LogP contribution >= 0.6 is 0 Å². The largest absolute Gasteiger partial charge is 0.493 e. The summed E-state index contributed by atoms with van der Waals surface area (Å²) < 4.78 is 12.6. The Morgan fingerprint density at radius 3 is 2.34 bits per heavy atom. The Balaban J connectivity index is 1.89. The topological polar surface area (TPSA) is 53.4 Å². The first-order chi connectivity index (χ1) is 14.1. The molecule has 1 aromatic heterocycles. The van der Waals surface area contributed by atoms with E-state index in [1.165, 1.54) is 18.4 Å². The lowest BCUT2D eigenvalue weighted by Crippen LogP contribution is -2.24. The van der Waals surface area contributed by atoms with E-state index in [1.54, 1.807) is 30.9 Å². The van der Waals surface area contributed by atoms with Crippen LogP contribution in [0.4, 0.5) is 0 Å². The summed E-state index contributed by atoms with van der Waals surface area (Å²) in [6, 6.07) is 11.8. The van der Waals surface area contributed by atoms with E-state index in [0.29, 0.717) is 34.2 Å². The molecule has 152 valence electrons. The summed E-state index contributed by atoms with van der Waals surface area (Å²) in [5.41, 5.74) is 2.75. The third kappa shape index (κ3) is 3.61. The van der Waals surface area contributed by atoms with E-state index in [1.807, 2.05) is 12.1 Å². The molecule has 29 heavy (non-hydrogen) atoms. The van der Waals surface area contributed by atoms with E-state index in [-0.39, 0.29) is 5.56 Å². The summed E-state index contributed by atoms with van der Waals surface area (Å²) in [7, 11) is 3.17. The van der Waals surface area contributed by atoms with Gasteiger partial charge in [-0.1, -0.05) is 32.4 Å². The van der Waals surface area contributed by atoms with Gasteiger partial charge in [0.25, 0.3) is 5.56 Å². The molecule has 2 aromatic carbocycles. The zero-order chi connectivity index (χ0) is 20.5. The highest BCUT2D eigenvalue weighted by molar-refractivity contribution is 5.82. The van der Waals surface area contributed by atoms with E-state index in [2.05, 4.69) is 26.0 Å². The van der Waals surface area contributed by atoms with Crippen LogP contribution in [0.25, 0.3) is 16.6 Å². The highest BCUT2D eigenvalue weighted by Crippen LogP contribution is 2.46. The number of hydrogen-bond donors (Lipinski definition) is 0. The van der Waals surface area contributed by atoms with Crippen molar-refractivity contribution in [2.75, 3.05) is 14.2 Å². The molecule has 0 spiro atoms. The molecule has 1 aliphatic carbocycles. The first-order valence-electron chi connectivity index (χ1n) is 10.3. The van der Waals surface area contributed by atoms with Crippen LogP contribution in [0.2, 0.25) is 0 Å². The molecular formula is C24H28N2O3. The Labute approximate surface area is 171 Å². The van der Waals surface area contributed by atoms with Crippen molar-refractivity contribution < 1.29 is 9.47 Å². The first kappa shape index (κ1) is 19.5. The van der Waals surface area contributed by atoms with Gasteiger partial charge in [-0.15, -0.1) is 0 Å². The maximum atomic E-state index is 13.5. The third-order valence-electron chi connectivity index (χ3n) is 5.85. The summed E-state index contributed by atoms with van der Waals surface area (Å²) in [5.74, 6) is 2.80. The summed E-state index contributed by atoms with van der Waals surface area (Å²) in [4.78, 5) is 18.4. The summed E-state index contributed by atoms with van der Waals surface area (Å²) >= 11 is 0. The second-order valence-corrected chi connectivity index (χ2v) is 7.92. The standard InChI is InChI=1S/C24H28N2O3/c1-5-6-7-16-8-10-17(11-9-16)26-23(18-12-15(18)2)25-20-14-22(29-4)21(28-3)13-19(20)24(26)27/h8-11,13-15,18H,5-7,12H2,1-4H3. The molecular weight excluding hydrogens is 364 g/mol. The average molecular weight is 392 g/mol. The van der Waals surface area contributed by atoms with Crippen LogP contribution in [0.1, 0.15) is 50.4 Å². The van der Waals surface area contributed by atoms with E-state index < -0.39 is 0 Å². The number of ether oxygens (including phenoxy) is 2. The zero-order valence-corrected chi connectivity index (χ0v) is 17.6. The number of nitrogens with zero attached hydrogens (tertiary/aromatic N) is 2. The number of hydrogen-bond acceptors (Lipinski definition) is 4. The molecule has 1 aliphatic rings. The lowest BCUT2D eigenvalue weighted by molar-refractivity contribution is 0.355. The van der Waals surface area contributed by atoms with Gasteiger partial charge in [0, 0.05) is 12.0 Å². The van der Waals surface area contributed by atoms with Crippen LogP contribution in [0.5, 0.6) is 11.5 Å². The van der Waals surface area contributed by atoms with E-state index in [4.69, 9.17) is 14.5 Å². The Bertz CT molecular complexity index is 1090. The van der Waals surface area contributed by atoms with Gasteiger partial charge >= 0.3 is 0 Å². The molecule has 1 saturated carbocycles. The molecule has 0 amide bonds. The Hall–Kier alpha value is -2.82.